The molecule has 0 bridgehead atoms. The molecule has 0 spiro atoms. The number of rotatable bonds is 3. The van der Waals surface area contributed by atoms with Crippen LogP contribution in [0.25, 0.3) is 10.9 Å². The van der Waals surface area contributed by atoms with Crippen molar-refractivity contribution < 1.29 is 4.79 Å². The lowest BCUT2D eigenvalue weighted by atomic mass is 10.1. The molecule has 0 fully saturated rings. The number of halogens is 1. The molecule has 0 atom stereocenters. The van der Waals surface area contributed by atoms with Crippen molar-refractivity contribution in [1.82, 2.24) is 4.98 Å². The van der Waals surface area contributed by atoms with Crippen molar-refractivity contribution in [2.24, 2.45) is 0 Å². The van der Waals surface area contributed by atoms with E-state index in [4.69, 9.17) is 0 Å². The van der Waals surface area contributed by atoms with Gasteiger partial charge in [0.1, 0.15) is 0 Å². The Labute approximate surface area is 131 Å². The van der Waals surface area contributed by atoms with Crippen LogP contribution >= 0.6 is 15.9 Å². The molecular weight excluding hydrogens is 328 g/mol. The second kappa shape index (κ2) is 5.66. The number of hydrogen-bond acceptors (Lipinski definition) is 3. The van der Waals surface area contributed by atoms with Crippen molar-refractivity contribution in [3.8, 4) is 0 Å². The van der Waals surface area contributed by atoms with E-state index in [1.165, 1.54) is 0 Å². The summed E-state index contributed by atoms with van der Waals surface area (Å²) in [5.41, 5.74) is 3.57. The van der Waals surface area contributed by atoms with Gasteiger partial charge in [0.2, 0.25) is 0 Å². The number of pyridine rings is 1. The molecule has 3 rings (SSSR count). The summed E-state index contributed by atoms with van der Waals surface area (Å²) in [4.78, 5) is 15.7. The van der Waals surface area contributed by atoms with E-state index in [0.29, 0.717) is 5.56 Å². The predicted octanol–water partition coefficient (Wildman–Crippen LogP) is 4.94. The summed E-state index contributed by atoms with van der Waals surface area (Å²) in [6, 6.07) is 15.4. The Balaban J connectivity index is 1.96. The summed E-state index contributed by atoms with van der Waals surface area (Å²) in [7, 11) is 0. The summed E-state index contributed by atoms with van der Waals surface area (Å²) < 4.78 is 1.01. The first-order chi connectivity index (χ1) is 10.1. The van der Waals surface area contributed by atoms with Crippen molar-refractivity contribution in [1.29, 1.82) is 0 Å². The van der Waals surface area contributed by atoms with E-state index in [0.717, 1.165) is 26.8 Å². The van der Waals surface area contributed by atoms with Crippen molar-refractivity contribution in [3.63, 3.8) is 0 Å². The fourth-order valence-electron chi connectivity index (χ4n) is 2.17. The molecule has 3 aromatic rings. The van der Waals surface area contributed by atoms with Gasteiger partial charge in [0.25, 0.3) is 0 Å². The van der Waals surface area contributed by atoms with Crippen LogP contribution in [0.4, 0.5) is 11.4 Å². The van der Waals surface area contributed by atoms with Crippen LogP contribution in [0.3, 0.4) is 0 Å². The van der Waals surface area contributed by atoms with E-state index in [1.54, 1.807) is 13.1 Å². The molecule has 0 unspecified atom stereocenters. The van der Waals surface area contributed by atoms with Crippen LogP contribution < -0.4 is 5.32 Å². The number of carbonyl (C=O) groups excluding carboxylic acids is 1. The first-order valence-electron chi connectivity index (χ1n) is 6.56. The van der Waals surface area contributed by atoms with Crippen LogP contribution in [-0.4, -0.2) is 10.8 Å². The molecule has 104 valence electrons. The minimum absolute atomic E-state index is 0.0701. The first-order valence-corrected chi connectivity index (χ1v) is 7.35. The van der Waals surface area contributed by atoms with E-state index in [9.17, 15) is 4.79 Å². The third kappa shape index (κ3) is 2.95. The van der Waals surface area contributed by atoms with Gasteiger partial charge < -0.3 is 5.32 Å². The minimum Gasteiger partial charge on any atom is -0.355 e. The second-order valence-electron chi connectivity index (χ2n) is 4.78. The Hall–Kier alpha value is -2.20. The molecule has 0 saturated carbocycles. The van der Waals surface area contributed by atoms with Crippen molar-refractivity contribution in [3.05, 3.63) is 64.8 Å². The largest absolute Gasteiger partial charge is 0.355 e. The van der Waals surface area contributed by atoms with Gasteiger partial charge in [-0.25, -0.2) is 0 Å². The maximum absolute atomic E-state index is 11.3. The fourth-order valence-corrected chi connectivity index (χ4v) is 2.52. The number of anilines is 2. The summed E-state index contributed by atoms with van der Waals surface area (Å²) >= 11 is 3.45. The van der Waals surface area contributed by atoms with Gasteiger partial charge in [0.15, 0.2) is 5.78 Å². The molecule has 2 aromatic carbocycles. The van der Waals surface area contributed by atoms with Gasteiger partial charge in [0, 0.05) is 33.0 Å². The van der Waals surface area contributed by atoms with Gasteiger partial charge in [-0.3, -0.25) is 9.78 Å². The monoisotopic (exact) mass is 340 g/mol. The van der Waals surface area contributed by atoms with Crippen LogP contribution in [0.2, 0.25) is 0 Å². The third-order valence-corrected chi connectivity index (χ3v) is 3.77. The van der Waals surface area contributed by atoms with Crippen LogP contribution in [-0.2, 0) is 0 Å². The minimum atomic E-state index is 0.0701. The number of Topliss-reactive ketones (excluding diaryl/α,β-unsaturated/α-hetero) is 1. The SMILES string of the molecule is CC(=O)c1ccc(Nc2ccnc3cc(Br)ccc23)cc1. The van der Waals surface area contributed by atoms with Crippen molar-refractivity contribution in [2.45, 2.75) is 6.92 Å². The fraction of sp³-hybridized carbons (Fsp3) is 0.0588. The Bertz CT molecular complexity index is 813. The molecule has 3 nitrogen and oxygen atoms in total. The highest BCUT2D eigenvalue weighted by molar-refractivity contribution is 9.10. The van der Waals surface area contributed by atoms with Crippen LogP contribution in [0.1, 0.15) is 17.3 Å². The molecule has 0 saturated heterocycles. The van der Waals surface area contributed by atoms with Crippen LogP contribution in [0.15, 0.2) is 59.2 Å². The summed E-state index contributed by atoms with van der Waals surface area (Å²) in [5.74, 6) is 0.0701. The molecule has 0 aliphatic carbocycles. The number of nitrogens with one attached hydrogen (secondary N) is 1. The summed E-state index contributed by atoms with van der Waals surface area (Å²) in [5, 5.41) is 4.42. The number of fused-ring (bicyclic) bond motifs is 1. The third-order valence-electron chi connectivity index (χ3n) is 3.28. The zero-order valence-electron chi connectivity index (χ0n) is 11.4. The van der Waals surface area contributed by atoms with Gasteiger partial charge in [0.05, 0.1) is 5.52 Å². The van der Waals surface area contributed by atoms with E-state index >= 15 is 0 Å². The Morgan fingerprint density at radius 3 is 2.57 bits per heavy atom. The number of benzene rings is 2. The topological polar surface area (TPSA) is 42.0 Å². The van der Waals surface area contributed by atoms with E-state index in [1.807, 2.05) is 48.5 Å². The quantitative estimate of drug-likeness (QED) is 0.686. The first kappa shape index (κ1) is 13.8. The maximum atomic E-state index is 11.3. The second-order valence-corrected chi connectivity index (χ2v) is 5.69. The molecule has 21 heavy (non-hydrogen) atoms. The maximum Gasteiger partial charge on any atom is 0.159 e. The summed E-state index contributed by atoms with van der Waals surface area (Å²) in [6.45, 7) is 1.57. The van der Waals surface area contributed by atoms with E-state index in [-0.39, 0.29) is 5.78 Å². The van der Waals surface area contributed by atoms with E-state index < -0.39 is 0 Å². The predicted molar refractivity (Wildman–Crippen MR) is 89.2 cm³/mol. The van der Waals surface area contributed by atoms with Gasteiger partial charge >= 0.3 is 0 Å². The van der Waals surface area contributed by atoms with Gasteiger partial charge in [-0.15, -0.1) is 0 Å². The number of ketones is 1. The van der Waals surface area contributed by atoms with Gasteiger partial charge in [-0.05, 0) is 55.5 Å². The molecule has 1 aromatic heterocycles. The highest BCUT2D eigenvalue weighted by atomic mass is 79.9. The molecule has 1 heterocycles. The lowest BCUT2D eigenvalue weighted by Gasteiger charge is -2.10. The Morgan fingerprint density at radius 1 is 1.10 bits per heavy atom. The molecule has 0 aliphatic rings. The van der Waals surface area contributed by atoms with Crippen molar-refractivity contribution >= 4 is 44.0 Å². The average Bonchev–Trinajstić information content (AvgIpc) is 2.47. The molecule has 4 heteroatoms. The molecule has 0 radical (unpaired) electrons. The lowest BCUT2D eigenvalue weighted by Crippen LogP contribution is -1.95. The summed E-state index contributed by atoms with van der Waals surface area (Å²) in [6.07, 6.45) is 1.78. The zero-order valence-corrected chi connectivity index (χ0v) is 13.0. The van der Waals surface area contributed by atoms with Crippen LogP contribution in [0, 0.1) is 0 Å². The molecule has 0 aliphatic heterocycles. The standard InChI is InChI=1S/C17H13BrN2O/c1-11(21)12-2-5-14(6-3-12)20-16-8-9-19-17-10-13(18)4-7-15(16)17/h2-10H,1H3,(H,19,20). The molecule has 1 N–H and O–H groups in total. The molecular formula is C17H13BrN2O. The highest BCUT2D eigenvalue weighted by Crippen LogP contribution is 2.27. The number of hydrogen-bond donors (Lipinski definition) is 1. The lowest BCUT2D eigenvalue weighted by molar-refractivity contribution is 0.101. The number of nitrogens with zero attached hydrogens (tertiary/aromatic N) is 1. The molecule has 0 amide bonds. The van der Waals surface area contributed by atoms with Crippen molar-refractivity contribution in [2.75, 3.05) is 5.32 Å². The normalized spacial score (nSPS) is 10.6. The van der Waals surface area contributed by atoms with Gasteiger partial charge in [-0.2, -0.15) is 0 Å². The zero-order chi connectivity index (χ0) is 14.8. The highest BCUT2D eigenvalue weighted by Gasteiger charge is 2.04. The van der Waals surface area contributed by atoms with E-state index in [2.05, 4.69) is 26.2 Å². The smallest absolute Gasteiger partial charge is 0.159 e. The van der Waals surface area contributed by atoms with Gasteiger partial charge in [-0.1, -0.05) is 15.9 Å². The Kier molecular flexibility index (Phi) is 3.71. The number of aromatic nitrogens is 1. The number of carbonyl (C=O) groups is 1. The Morgan fingerprint density at radius 2 is 1.86 bits per heavy atom. The van der Waals surface area contributed by atoms with Crippen LogP contribution in [0.5, 0.6) is 0 Å². The average molecular weight is 341 g/mol.